The van der Waals surface area contributed by atoms with Gasteiger partial charge >= 0.3 is 12.1 Å². The lowest BCUT2D eigenvalue weighted by Gasteiger charge is -2.28. The van der Waals surface area contributed by atoms with Gasteiger partial charge in [0.1, 0.15) is 11.3 Å². The van der Waals surface area contributed by atoms with Crippen molar-refractivity contribution in [3.8, 4) is 0 Å². The van der Waals surface area contributed by atoms with Crippen LogP contribution in [0.15, 0.2) is 59.4 Å². The Morgan fingerprint density at radius 2 is 1.73 bits per heavy atom. The Morgan fingerprint density at radius 1 is 1.00 bits per heavy atom. The monoisotopic (exact) mass is 622 g/mol. The molecule has 1 aliphatic heterocycles. The normalized spacial score (nSPS) is 13.6. The maximum Gasteiger partial charge on any atom is 0.412 e. The molecule has 0 unspecified atom stereocenters. The molecule has 0 spiro atoms. The van der Waals surface area contributed by atoms with E-state index in [0.717, 1.165) is 51.3 Å². The molecule has 0 atom stereocenters. The molecule has 3 aromatic rings. The third-order valence-corrected chi connectivity index (χ3v) is 7.55. The number of ether oxygens (including phenoxy) is 2. The highest BCUT2D eigenvalue weighted by Gasteiger charge is 2.20. The number of carbonyl (C=O) groups is 3. The lowest BCUT2D eigenvalue weighted by atomic mass is 10.1. The number of nitrogens with one attached hydrogen (secondary N) is 3. The molecule has 3 heterocycles. The van der Waals surface area contributed by atoms with Gasteiger partial charge in [-0.2, -0.15) is 0 Å². The fourth-order valence-corrected chi connectivity index (χ4v) is 5.31. The van der Waals surface area contributed by atoms with Crippen molar-refractivity contribution < 1.29 is 23.9 Å². The van der Waals surface area contributed by atoms with Gasteiger partial charge in [0.15, 0.2) is 0 Å². The number of amides is 4. The average molecular weight is 623 g/mol. The minimum absolute atomic E-state index is 0.132. The predicted octanol–water partition coefficient (Wildman–Crippen LogP) is 5.22. The van der Waals surface area contributed by atoms with Crippen LogP contribution < -0.4 is 16.0 Å². The summed E-state index contributed by atoms with van der Waals surface area (Å²) in [6.07, 6.45) is 2.60. The summed E-state index contributed by atoms with van der Waals surface area (Å²) in [7, 11) is 0. The van der Waals surface area contributed by atoms with E-state index in [2.05, 4.69) is 25.8 Å². The molecule has 0 bridgehead atoms. The molecule has 2 aromatic heterocycles. The molecule has 1 saturated heterocycles. The third-order valence-electron chi connectivity index (χ3n) is 6.80. The number of carbonyl (C=O) groups excluding carboxylic acids is 3. The van der Waals surface area contributed by atoms with Crippen LogP contribution in [0.25, 0.3) is 0 Å². The first-order valence-electron chi connectivity index (χ1n) is 14.9. The van der Waals surface area contributed by atoms with Crippen molar-refractivity contribution in [3.63, 3.8) is 0 Å². The Kier molecular flexibility index (Phi) is 12.1. The van der Waals surface area contributed by atoms with Crippen molar-refractivity contribution >= 4 is 40.7 Å². The van der Waals surface area contributed by atoms with Crippen LogP contribution in [0.5, 0.6) is 0 Å². The van der Waals surface area contributed by atoms with E-state index < -0.39 is 17.6 Å². The summed E-state index contributed by atoms with van der Waals surface area (Å²) in [6.45, 7) is 11.0. The van der Waals surface area contributed by atoms with Gasteiger partial charge in [-0.05, 0) is 50.8 Å². The van der Waals surface area contributed by atoms with Crippen molar-refractivity contribution in [2.45, 2.75) is 45.8 Å². The second-order valence-electron chi connectivity index (χ2n) is 11.5. The number of hydrogen-bond donors (Lipinski definition) is 3. The van der Waals surface area contributed by atoms with Gasteiger partial charge < -0.3 is 25.0 Å². The van der Waals surface area contributed by atoms with E-state index in [1.165, 1.54) is 16.9 Å². The zero-order valence-electron chi connectivity index (χ0n) is 25.6. The summed E-state index contributed by atoms with van der Waals surface area (Å²) in [5.41, 5.74) is 2.45. The van der Waals surface area contributed by atoms with Gasteiger partial charge in [0.05, 0.1) is 24.6 Å². The van der Waals surface area contributed by atoms with E-state index in [0.29, 0.717) is 31.0 Å². The van der Waals surface area contributed by atoms with Crippen molar-refractivity contribution in [1.29, 1.82) is 0 Å². The Bertz CT molecular complexity index is 1350. The third kappa shape index (κ3) is 10.9. The Labute approximate surface area is 262 Å². The Morgan fingerprint density at radius 3 is 2.41 bits per heavy atom. The van der Waals surface area contributed by atoms with Crippen LogP contribution in [0.3, 0.4) is 0 Å². The van der Waals surface area contributed by atoms with Crippen molar-refractivity contribution in [3.05, 3.63) is 76.2 Å². The van der Waals surface area contributed by atoms with Gasteiger partial charge in [0.2, 0.25) is 0 Å². The molecular weight excluding hydrogens is 580 g/mol. The van der Waals surface area contributed by atoms with Crippen LogP contribution in [0, 0.1) is 0 Å². The number of nitrogens with zero attached hydrogens (tertiary/aromatic N) is 3. The molecule has 12 heteroatoms. The van der Waals surface area contributed by atoms with Crippen LogP contribution in [0.1, 0.15) is 48.8 Å². The number of morpholine rings is 1. The summed E-state index contributed by atoms with van der Waals surface area (Å²) < 4.78 is 10.7. The predicted molar refractivity (Wildman–Crippen MR) is 172 cm³/mol. The number of urea groups is 1. The largest absolute Gasteiger partial charge is 0.444 e. The van der Waals surface area contributed by atoms with Crippen LogP contribution in [0.2, 0.25) is 0 Å². The molecule has 0 aliphatic carbocycles. The summed E-state index contributed by atoms with van der Waals surface area (Å²) >= 11 is 1.34. The number of anilines is 2. The van der Waals surface area contributed by atoms with Gasteiger partial charge in [-0.25, -0.2) is 9.59 Å². The van der Waals surface area contributed by atoms with Crippen LogP contribution in [-0.2, 0) is 22.4 Å². The maximum atomic E-state index is 13.2. The number of hydrogen-bond acceptors (Lipinski definition) is 8. The first kappa shape index (κ1) is 32.9. The van der Waals surface area contributed by atoms with E-state index in [9.17, 15) is 14.4 Å². The summed E-state index contributed by atoms with van der Waals surface area (Å²) in [5, 5.41) is 12.0. The second-order valence-corrected chi connectivity index (χ2v) is 12.3. The average Bonchev–Trinajstić information content (AvgIpc) is 3.42. The zero-order valence-corrected chi connectivity index (χ0v) is 26.5. The van der Waals surface area contributed by atoms with Gasteiger partial charge in [-0.1, -0.05) is 36.4 Å². The van der Waals surface area contributed by atoms with Crippen molar-refractivity contribution in [2.75, 3.05) is 56.6 Å². The van der Waals surface area contributed by atoms with Crippen LogP contribution in [-0.4, -0.2) is 84.4 Å². The fraction of sp³-hybridized carbons (Fsp3) is 0.438. The molecule has 1 aliphatic rings. The molecule has 0 radical (unpaired) electrons. The summed E-state index contributed by atoms with van der Waals surface area (Å²) in [6, 6.07) is 13.4. The molecule has 11 nitrogen and oxygen atoms in total. The fourth-order valence-electron chi connectivity index (χ4n) is 4.60. The standard InChI is InChI=1S/C32H42N6O5S/c1-32(2,3)43-31(41)36-28-23-44-22-27(28)35-29(39)26-11-10-25(20-34-26)21-38(15-7-14-37-16-18-42-19-17-37)30(40)33-13-12-24-8-5-4-6-9-24/h4-6,8-11,20,22-23H,7,12-19,21H2,1-3H3,(H,33,40)(H,35,39)(H,36,41). The first-order valence-corrected chi connectivity index (χ1v) is 15.8. The molecule has 4 amide bonds. The Balaban J connectivity index is 1.33. The molecular formula is C32H42N6O5S. The number of rotatable bonds is 12. The molecule has 0 saturated carbocycles. The summed E-state index contributed by atoms with van der Waals surface area (Å²) in [4.78, 5) is 46.9. The number of aromatic nitrogens is 1. The van der Waals surface area contributed by atoms with E-state index in [1.807, 2.05) is 36.4 Å². The second kappa shape index (κ2) is 16.2. The van der Waals surface area contributed by atoms with E-state index in [-0.39, 0.29) is 11.7 Å². The van der Waals surface area contributed by atoms with Gasteiger partial charge in [0, 0.05) is 56.2 Å². The molecule has 1 aromatic carbocycles. The van der Waals surface area contributed by atoms with Gasteiger partial charge in [-0.3, -0.25) is 20.0 Å². The van der Waals surface area contributed by atoms with Crippen molar-refractivity contribution in [2.24, 2.45) is 0 Å². The highest BCUT2D eigenvalue weighted by Crippen LogP contribution is 2.27. The topological polar surface area (TPSA) is 125 Å². The van der Waals surface area contributed by atoms with Gasteiger partial charge in [-0.15, -0.1) is 11.3 Å². The molecule has 1 fully saturated rings. The Hall–Kier alpha value is -4.00. The molecule has 4 rings (SSSR count). The number of pyridine rings is 1. The lowest BCUT2D eigenvalue weighted by Crippen LogP contribution is -2.42. The van der Waals surface area contributed by atoms with E-state index in [1.54, 1.807) is 48.7 Å². The minimum atomic E-state index is -0.643. The summed E-state index contributed by atoms with van der Waals surface area (Å²) in [5.74, 6) is -0.414. The zero-order chi connectivity index (χ0) is 31.4. The van der Waals surface area contributed by atoms with Crippen LogP contribution >= 0.6 is 11.3 Å². The van der Waals surface area contributed by atoms with Gasteiger partial charge in [0.25, 0.3) is 5.91 Å². The molecule has 44 heavy (non-hydrogen) atoms. The quantitative estimate of drug-likeness (QED) is 0.253. The number of thiophene rings is 1. The van der Waals surface area contributed by atoms with E-state index in [4.69, 9.17) is 9.47 Å². The van der Waals surface area contributed by atoms with Crippen molar-refractivity contribution in [1.82, 2.24) is 20.1 Å². The van der Waals surface area contributed by atoms with E-state index >= 15 is 0 Å². The maximum absolute atomic E-state index is 13.2. The smallest absolute Gasteiger partial charge is 0.412 e. The lowest BCUT2D eigenvalue weighted by molar-refractivity contribution is 0.0364. The highest BCUT2D eigenvalue weighted by atomic mass is 32.1. The number of benzene rings is 1. The molecule has 3 N–H and O–H groups in total. The SMILES string of the molecule is CC(C)(C)OC(=O)Nc1cscc1NC(=O)c1ccc(CN(CCCN2CCOCC2)C(=O)NCCc2ccccc2)cn1. The highest BCUT2D eigenvalue weighted by molar-refractivity contribution is 7.09. The first-order chi connectivity index (χ1) is 21.2. The minimum Gasteiger partial charge on any atom is -0.444 e. The van der Waals surface area contributed by atoms with Crippen LogP contribution in [0.4, 0.5) is 21.0 Å². The molecule has 236 valence electrons.